The molecule has 0 spiro atoms. The van der Waals surface area contributed by atoms with Gasteiger partial charge in [0.2, 0.25) is 0 Å². The second kappa shape index (κ2) is 7.20. The second-order valence-corrected chi connectivity index (χ2v) is 3.52. The molecule has 0 atom stereocenters. The van der Waals surface area contributed by atoms with Gasteiger partial charge in [0.05, 0.1) is 26.4 Å². The summed E-state index contributed by atoms with van der Waals surface area (Å²) >= 11 is 0. The average molecular weight is 264 g/mol. The van der Waals surface area contributed by atoms with Gasteiger partial charge in [0.1, 0.15) is 11.5 Å². The molecule has 0 fully saturated rings. The van der Waals surface area contributed by atoms with Gasteiger partial charge < -0.3 is 14.2 Å². The fourth-order valence-corrected chi connectivity index (χ4v) is 1.43. The molecule has 0 amide bonds. The predicted molar refractivity (Wildman–Crippen MR) is 69.6 cm³/mol. The molecule has 19 heavy (non-hydrogen) atoms. The van der Waals surface area contributed by atoms with E-state index < -0.39 is 5.97 Å². The molecule has 1 aromatic carbocycles. The maximum Gasteiger partial charge on any atom is 0.330 e. The number of ether oxygens (including phenoxy) is 3. The number of hydrogen-bond acceptors (Lipinski definition) is 5. The smallest absolute Gasteiger partial charge is 0.330 e. The van der Waals surface area contributed by atoms with Crippen molar-refractivity contribution in [3.63, 3.8) is 0 Å². The topological polar surface area (TPSA) is 61.8 Å². The average Bonchev–Trinajstić information content (AvgIpc) is 2.44. The van der Waals surface area contributed by atoms with Gasteiger partial charge in [-0.1, -0.05) is 0 Å². The number of carbonyl (C=O) groups is 2. The van der Waals surface area contributed by atoms with Crippen molar-refractivity contribution in [2.75, 3.05) is 20.8 Å². The highest BCUT2D eigenvalue weighted by Crippen LogP contribution is 2.24. The Morgan fingerprint density at radius 3 is 2.47 bits per heavy atom. The Morgan fingerprint density at radius 1 is 1.16 bits per heavy atom. The van der Waals surface area contributed by atoms with Crippen LogP contribution in [0.5, 0.6) is 11.5 Å². The van der Waals surface area contributed by atoms with Gasteiger partial charge in [0, 0.05) is 6.08 Å². The van der Waals surface area contributed by atoms with Gasteiger partial charge in [-0.15, -0.1) is 0 Å². The lowest BCUT2D eigenvalue weighted by molar-refractivity contribution is -0.137. The summed E-state index contributed by atoms with van der Waals surface area (Å²) in [6.07, 6.45) is 2.24. The lowest BCUT2D eigenvalue weighted by atomic mass is 10.1. The molecule has 0 aliphatic heterocycles. The summed E-state index contributed by atoms with van der Waals surface area (Å²) in [6, 6.07) is 4.87. The fraction of sp³-hybridized carbons (Fsp3) is 0.286. The third kappa shape index (κ3) is 4.13. The van der Waals surface area contributed by atoms with E-state index in [1.165, 1.54) is 14.2 Å². The SMILES string of the molecule is CCOC(=O)/C=C/C(=O)c1cc(OC)ccc1OC. The minimum absolute atomic E-state index is 0.264. The molecular formula is C14H16O5. The summed E-state index contributed by atoms with van der Waals surface area (Å²) in [6.45, 7) is 1.96. The number of ketones is 1. The normalized spacial score (nSPS) is 10.3. The van der Waals surface area contributed by atoms with E-state index in [-0.39, 0.29) is 12.4 Å². The number of allylic oxidation sites excluding steroid dienone is 1. The molecule has 0 saturated heterocycles. The Labute approximate surface area is 111 Å². The molecule has 5 heteroatoms. The zero-order valence-electron chi connectivity index (χ0n) is 11.1. The van der Waals surface area contributed by atoms with Crippen molar-refractivity contribution in [1.82, 2.24) is 0 Å². The molecular weight excluding hydrogens is 248 g/mol. The second-order valence-electron chi connectivity index (χ2n) is 3.52. The Morgan fingerprint density at radius 2 is 1.89 bits per heavy atom. The van der Waals surface area contributed by atoms with Crippen molar-refractivity contribution >= 4 is 11.8 Å². The Balaban J connectivity index is 2.94. The molecule has 0 saturated carbocycles. The number of hydrogen-bond donors (Lipinski definition) is 0. The summed E-state index contributed by atoms with van der Waals surface area (Å²) in [5, 5.41) is 0. The molecule has 0 bridgehead atoms. The van der Waals surface area contributed by atoms with Crippen LogP contribution < -0.4 is 9.47 Å². The molecule has 0 unspecified atom stereocenters. The van der Waals surface area contributed by atoms with E-state index in [2.05, 4.69) is 0 Å². The van der Waals surface area contributed by atoms with Crippen LogP contribution in [-0.4, -0.2) is 32.6 Å². The minimum atomic E-state index is -0.558. The lowest BCUT2D eigenvalue weighted by Gasteiger charge is -2.07. The van der Waals surface area contributed by atoms with Gasteiger partial charge in [0.25, 0.3) is 0 Å². The number of rotatable bonds is 6. The minimum Gasteiger partial charge on any atom is -0.497 e. The first kappa shape index (κ1) is 14.8. The number of methoxy groups -OCH3 is 2. The summed E-state index contributed by atoms with van der Waals surface area (Å²) < 4.78 is 14.8. The molecule has 0 N–H and O–H groups in total. The molecule has 0 heterocycles. The Hall–Kier alpha value is -2.30. The van der Waals surface area contributed by atoms with E-state index in [0.29, 0.717) is 17.1 Å². The first-order valence-electron chi connectivity index (χ1n) is 5.73. The van der Waals surface area contributed by atoms with Crippen LogP contribution in [0.1, 0.15) is 17.3 Å². The highest BCUT2D eigenvalue weighted by atomic mass is 16.5. The molecule has 0 radical (unpaired) electrons. The number of esters is 1. The number of benzene rings is 1. The standard InChI is InChI=1S/C14H16O5/c1-4-19-14(16)8-6-12(15)11-9-10(17-2)5-7-13(11)18-3/h5-9H,4H2,1-3H3/b8-6+. The maximum absolute atomic E-state index is 12.0. The van der Waals surface area contributed by atoms with Crippen molar-refractivity contribution in [1.29, 1.82) is 0 Å². The lowest BCUT2D eigenvalue weighted by Crippen LogP contribution is -2.03. The zero-order valence-corrected chi connectivity index (χ0v) is 11.1. The maximum atomic E-state index is 12.0. The predicted octanol–water partition coefficient (Wildman–Crippen LogP) is 2.01. The van der Waals surface area contributed by atoms with E-state index >= 15 is 0 Å². The van der Waals surface area contributed by atoms with Gasteiger partial charge in [0.15, 0.2) is 5.78 Å². The van der Waals surface area contributed by atoms with Crippen molar-refractivity contribution in [3.05, 3.63) is 35.9 Å². The van der Waals surface area contributed by atoms with Crippen LogP contribution in [0.3, 0.4) is 0 Å². The van der Waals surface area contributed by atoms with Gasteiger partial charge in [-0.25, -0.2) is 4.79 Å². The molecule has 1 rings (SSSR count). The Bertz CT molecular complexity index is 491. The quantitative estimate of drug-likeness (QED) is 0.447. The highest BCUT2D eigenvalue weighted by molar-refractivity contribution is 6.08. The van der Waals surface area contributed by atoms with Crippen molar-refractivity contribution in [2.45, 2.75) is 6.92 Å². The van der Waals surface area contributed by atoms with Crippen LogP contribution in [0.4, 0.5) is 0 Å². The molecule has 102 valence electrons. The fourth-order valence-electron chi connectivity index (χ4n) is 1.43. The largest absolute Gasteiger partial charge is 0.497 e. The van der Waals surface area contributed by atoms with Crippen LogP contribution >= 0.6 is 0 Å². The van der Waals surface area contributed by atoms with E-state index in [4.69, 9.17) is 14.2 Å². The molecule has 0 aliphatic rings. The molecule has 1 aromatic rings. The third-order valence-electron chi connectivity index (χ3n) is 2.33. The summed E-state index contributed by atoms with van der Waals surface area (Å²) in [5.74, 6) is 0.0366. The Kier molecular flexibility index (Phi) is 5.60. The van der Waals surface area contributed by atoms with Crippen LogP contribution in [0.25, 0.3) is 0 Å². The van der Waals surface area contributed by atoms with Crippen molar-refractivity contribution in [2.24, 2.45) is 0 Å². The number of carbonyl (C=O) groups excluding carboxylic acids is 2. The first-order chi connectivity index (χ1) is 9.12. The monoisotopic (exact) mass is 264 g/mol. The van der Waals surface area contributed by atoms with E-state index in [9.17, 15) is 9.59 Å². The molecule has 0 aliphatic carbocycles. The zero-order chi connectivity index (χ0) is 14.3. The summed E-state index contributed by atoms with van der Waals surface area (Å²) in [5.41, 5.74) is 0.322. The summed E-state index contributed by atoms with van der Waals surface area (Å²) in [7, 11) is 2.97. The van der Waals surface area contributed by atoms with Crippen molar-refractivity contribution < 1.29 is 23.8 Å². The molecule has 0 aromatic heterocycles. The van der Waals surface area contributed by atoms with Gasteiger partial charge in [-0.3, -0.25) is 4.79 Å². The van der Waals surface area contributed by atoms with Gasteiger partial charge >= 0.3 is 5.97 Å². The first-order valence-corrected chi connectivity index (χ1v) is 5.73. The highest BCUT2D eigenvalue weighted by Gasteiger charge is 2.11. The molecule has 5 nitrogen and oxygen atoms in total. The van der Waals surface area contributed by atoms with Crippen LogP contribution in [0.2, 0.25) is 0 Å². The van der Waals surface area contributed by atoms with E-state index in [0.717, 1.165) is 12.2 Å². The summed E-state index contributed by atoms with van der Waals surface area (Å²) in [4.78, 5) is 23.1. The van der Waals surface area contributed by atoms with E-state index in [1.54, 1.807) is 25.1 Å². The van der Waals surface area contributed by atoms with Gasteiger partial charge in [-0.05, 0) is 31.2 Å². The van der Waals surface area contributed by atoms with Crippen LogP contribution in [-0.2, 0) is 9.53 Å². The van der Waals surface area contributed by atoms with E-state index in [1.807, 2.05) is 0 Å². The van der Waals surface area contributed by atoms with Crippen LogP contribution in [0, 0.1) is 0 Å². The third-order valence-corrected chi connectivity index (χ3v) is 2.33. The van der Waals surface area contributed by atoms with Crippen molar-refractivity contribution in [3.8, 4) is 11.5 Å². The van der Waals surface area contributed by atoms with Gasteiger partial charge in [-0.2, -0.15) is 0 Å². The van der Waals surface area contributed by atoms with Crippen LogP contribution in [0.15, 0.2) is 30.4 Å².